The summed E-state index contributed by atoms with van der Waals surface area (Å²) in [5.74, 6) is 0. The van der Waals surface area contributed by atoms with Crippen LogP contribution in [0.3, 0.4) is 0 Å². The molecule has 0 aliphatic rings. The first kappa shape index (κ1) is 11.9. The highest BCUT2D eigenvalue weighted by molar-refractivity contribution is 5.63. The maximum Gasteiger partial charge on any atom is 0.117 e. The van der Waals surface area contributed by atoms with Gasteiger partial charge in [-0.2, -0.15) is 0 Å². The summed E-state index contributed by atoms with van der Waals surface area (Å²) in [7, 11) is 1.43. The Bertz CT molecular complexity index is 214. The quantitative estimate of drug-likeness (QED) is 0.224. The summed E-state index contributed by atoms with van der Waals surface area (Å²) < 4.78 is 0. The minimum atomic E-state index is -1.39. The van der Waals surface area contributed by atoms with Gasteiger partial charge in [0.05, 0.1) is 12.6 Å². The van der Waals surface area contributed by atoms with E-state index >= 15 is 0 Å². The summed E-state index contributed by atoms with van der Waals surface area (Å²) in [4.78, 5) is 5.87. The van der Waals surface area contributed by atoms with Crippen LogP contribution in [0.1, 0.15) is 0 Å². The molecule has 3 atom stereocenters. The number of nitrogens with zero attached hydrogens (tertiary/aromatic N) is 4. The minimum Gasteiger partial charge on any atom is -0.390 e. The van der Waals surface area contributed by atoms with Crippen molar-refractivity contribution in [2.45, 2.75) is 18.3 Å². The van der Waals surface area contributed by atoms with Gasteiger partial charge in [0.2, 0.25) is 0 Å². The monoisotopic (exact) mass is 188 g/mol. The van der Waals surface area contributed by atoms with E-state index < -0.39 is 18.3 Å². The van der Waals surface area contributed by atoms with Crippen molar-refractivity contribution in [2.75, 3.05) is 13.6 Å². The normalized spacial score (nSPS) is 17.8. The molecule has 7 nitrogen and oxygen atoms in total. The number of hydrogen-bond acceptors (Lipinski definition) is 5. The molecule has 0 aromatic rings. The largest absolute Gasteiger partial charge is 0.390 e. The lowest BCUT2D eigenvalue weighted by atomic mass is 10.1. The van der Waals surface area contributed by atoms with Crippen molar-refractivity contribution in [3.8, 4) is 0 Å². The summed E-state index contributed by atoms with van der Waals surface area (Å²) in [6.45, 7) is -0.285. The zero-order valence-electron chi connectivity index (χ0n) is 7.15. The molecule has 7 heteroatoms. The molecule has 0 radical (unpaired) electrons. The molecular formula is C6H12N4O3. The Balaban J connectivity index is 4.07. The smallest absolute Gasteiger partial charge is 0.117 e. The van der Waals surface area contributed by atoms with Gasteiger partial charge in [-0.1, -0.05) is 5.11 Å². The van der Waals surface area contributed by atoms with E-state index in [4.69, 9.17) is 20.9 Å². The molecule has 0 saturated carbocycles. The summed E-state index contributed by atoms with van der Waals surface area (Å²) in [5.41, 5.74) is 7.92. The van der Waals surface area contributed by atoms with Gasteiger partial charge in [0.1, 0.15) is 12.2 Å². The lowest BCUT2D eigenvalue weighted by Crippen LogP contribution is -2.39. The Kier molecular flexibility index (Phi) is 5.82. The molecule has 0 aromatic heterocycles. The number of azide groups is 1. The predicted molar refractivity (Wildman–Crippen MR) is 46.4 cm³/mol. The molecular weight excluding hydrogens is 176 g/mol. The van der Waals surface area contributed by atoms with Crippen LogP contribution in [0, 0.1) is 0 Å². The zero-order chi connectivity index (χ0) is 10.3. The molecule has 0 unspecified atom stereocenters. The maximum atomic E-state index is 9.17. The highest BCUT2D eigenvalue weighted by Crippen LogP contribution is 1.99. The number of aliphatic hydroxyl groups excluding tert-OH is 3. The Morgan fingerprint density at radius 3 is 2.54 bits per heavy atom. The van der Waals surface area contributed by atoms with Gasteiger partial charge < -0.3 is 15.3 Å². The standard InChI is InChI=1S/C6H12N4O3/c1-8-2-4(11)6(13)5(12)3-9-10-7/h2,4-6,11-13H,3H2,1H3/t4-,5+,6-/m0/s1. The van der Waals surface area contributed by atoms with Crippen molar-refractivity contribution in [2.24, 2.45) is 10.1 Å². The fourth-order valence-corrected chi connectivity index (χ4v) is 0.697. The number of hydrogen-bond donors (Lipinski definition) is 3. The van der Waals surface area contributed by atoms with Crippen LogP contribution >= 0.6 is 0 Å². The van der Waals surface area contributed by atoms with Crippen LogP contribution in [0.2, 0.25) is 0 Å². The van der Waals surface area contributed by atoms with Crippen LogP contribution in [0.5, 0.6) is 0 Å². The van der Waals surface area contributed by atoms with E-state index in [9.17, 15) is 0 Å². The van der Waals surface area contributed by atoms with Crippen LogP contribution in [0.25, 0.3) is 10.4 Å². The van der Waals surface area contributed by atoms with Gasteiger partial charge in [-0.15, -0.1) is 0 Å². The molecule has 0 heterocycles. The van der Waals surface area contributed by atoms with E-state index in [0.29, 0.717) is 0 Å². The summed E-state index contributed by atoms with van der Waals surface area (Å²) in [5, 5.41) is 30.4. The summed E-state index contributed by atoms with van der Waals surface area (Å²) in [6.07, 6.45) is -2.85. The number of aliphatic imine (C=N–C) groups is 1. The van der Waals surface area contributed by atoms with Crippen LogP contribution in [0.15, 0.2) is 10.1 Å². The molecule has 0 bridgehead atoms. The lowest BCUT2D eigenvalue weighted by Gasteiger charge is -2.18. The Morgan fingerprint density at radius 2 is 2.08 bits per heavy atom. The first-order valence-electron chi connectivity index (χ1n) is 3.60. The molecule has 0 spiro atoms. The first-order valence-corrected chi connectivity index (χ1v) is 3.60. The number of aliphatic hydroxyl groups is 3. The average Bonchev–Trinajstić information content (AvgIpc) is 2.13. The minimum absolute atomic E-state index is 0.285. The van der Waals surface area contributed by atoms with Crippen molar-refractivity contribution in [3.63, 3.8) is 0 Å². The van der Waals surface area contributed by atoms with E-state index in [0.717, 1.165) is 6.21 Å². The molecule has 0 aliphatic carbocycles. The van der Waals surface area contributed by atoms with E-state index in [2.05, 4.69) is 15.0 Å². The molecule has 0 saturated heterocycles. The van der Waals surface area contributed by atoms with Gasteiger partial charge in [-0.3, -0.25) is 4.99 Å². The van der Waals surface area contributed by atoms with Crippen molar-refractivity contribution in [1.29, 1.82) is 0 Å². The SMILES string of the molecule is CN=C[C@H](O)[C@H](O)[C@H](O)CN=[N+]=[N-]. The average molecular weight is 188 g/mol. The van der Waals surface area contributed by atoms with Crippen LogP contribution in [-0.4, -0.2) is 53.4 Å². The summed E-state index contributed by atoms with van der Waals surface area (Å²) in [6, 6.07) is 0. The van der Waals surface area contributed by atoms with Crippen LogP contribution in [-0.2, 0) is 0 Å². The van der Waals surface area contributed by atoms with Gasteiger partial charge in [0.15, 0.2) is 0 Å². The Labute approximate surface area is 75.0 Å². The fourth-order valence-electron chi connectivity index (χ4n) is 0.697. The molecule has 3 N–H and O–H groups in total. The van der Waals surface area contributed by atoms with Crippen LogP contribution < -0.4 is 0 Å². The van der Waals surface area contributed by atoms with Crippen molar-refractivity contribution >= 4 is 6.21 Å². The first-order chi connectivity index (χ1) is 6.13. The second-order valence-corrected chi connectivity index (χ2v) is 2.37. The highest BCUT2D eigenvalue weighted by atomic mass is 16.4. The van der Waals surface area contributed by atoms with Crippen molar-refractivity contribution in [3.05, 3.63) is 10.4 Å². The molecule has 0 amide bonds. The molecule has 13 heavy (non-hydrogen) atoms. The van der Waals surface area contributed by atoms with Gasteiger partial charge in [-0.05, 0) is 5.53 Å². The van der Waals surface area contributed by atoms with E-state index in [1.807, 2.05) is 0 Å². The topological polar surface area (TPSA) is 122 Å². The Hall–Kier alpha value is -1.14. The van der Waals surface area contributed by atoms with Crippen molar-refractivity contribution in [1.82, 2.24) is 0 Å². The molecule has 0 rings (SSSR count). The van der Waals surface area contributed by atoms with Gasteiger partial charge in [0.25, 0.3) is 0 Å². The van der Waals surface area contributed by atoms with Crippen molar-refractivity contribution < 1.29 is 15.3 Å². The second-order valence-electron chi connectivity index (χ2n) is 2.37. The highest BCUT2D eigenvalue weighted by Gasteiger charge is 2.22. The summed E-state index contributed by atoms with van der Waals surface area (Å²) >= 11 is 0. The second kappa shape index (κ2) is 6.38. The fraction of sp³-hybridized carbons (Fsp3) is 0.833. The van der Waals surface area contributed by atoms with E-state index in [1.54, 1.807) is 0 Å². The third kappa shape index (κ3) is 4.44. The van der Waals surface area contributed by atoms with E-state index in [-0.39, 0.29) is 6.54 Å². The molecule has 74 valence electrons. The van der Waals surface area contributed by atoms with Crippen LogP contribution in [0.4, 0.5) is 0 Å². The predicted octanol–water partition coefficient (Wildman–Crippen LogP) is -0.920. The molecule has 0 fully saturated rings. The lowest BCUT2D eigenvalue weighted by molar-refractivity contribution is -0.0280. The Morgan fingerprint density at radius 1 is 1.46 bits per heavy atom. The van der Waals surface area contributed by atoms with Gasteiger partial charge >= 0.3 is 0 Å². The molecule has 0 aromatic carbocycles. The maximum absolute atomic E-state index is 9.17. The molecule has 0 aliphatic heterocycles. The number of rotatable bonds is 5. The van der Waals surface area contributed by atoms with E-state index in [1.165, 1.54) is 7.05 Å². The third-order valence-corrected chi connectivity index (χ3v) is 1.38. The van der Waals surface area contributed by atoms with Gasteiger partial charge in [0, 0.05) is 18.2 Å². The third-order valence-electron chi connectivity index (χ3n) is 1.38. The zero-order valence-corrected chi connectivity index (χ0v) is 7.15. The van der Waals surface area contributed by atoms with Gasteiger partial charge in [-0.25, -0.2) is 0 Å².